The molecule has 0 aliphatic rings. The Morgan fingerprint density at radius 2 is 1.22 bits per heavy atom. The fourth-order valence-corrected chi connectivity index (χ4v) is 7.11. The van der Waals surface area contributed by atoms with Crippen LogP contribution in [0.15, 0.2) is 11.8 Å². The van der Waals surface area contributed by atoms with Crippen molar-refractivity contribution >= 4 is 8.32 Å². The Balaban J connectivity index is 4.22. The van der Waals surface area contributed by atoms with Gasteiger partial charge in [0.25, 0.3) is 0 Å². The summed E-state index contributed by atoms with van der Waals surface area (Å²) < 4.78 is 6.52. The minimum Gasteiger partial charge on any atom is -0.413 e. The zero-order chi connectivity index (χ0) is 17.2. The van der Waals surface area contributed by atoms with Crippen molar-refractivity contribution < 1.29 is 4.43 Å². The standard InChI is InChI=1S/C21H44OSi/c1-5-9-11-12-13-14-15-17-21-23(19-7-3,20-8-4)22-18-16-10-6-2/h17,21H,5-16,18-20H2,1-4H3. The molecule has 0 saturated carbocycles. The number of hydrogen-bond donors (Lipinski definition) is 0. The van der Waals surface area contributed by atoms with E-state index in [1.54, 1.807) is 0 Å². The second-order valence-electron chi connectivity index (χ2n) is 7.08. The Morgan fingerprint density at radius 3 is 1.83 bits per heavy atom. The molecule has 0 atom stereocenters. The summed E-state index contributed by atoms with van der Waals surface area (Å²) in [6.07, 6.45) is 18.4. The van der Waals surface area contributed by atoms with Gasteiger partial charge in [0.15, 0.2) is 0 Å². The molecule has 0 heterocycles. The molecular formula is C21H44OSi. The fourth-order valence-electron chi connectivity index (χ4n) is 3.30. The molecular weight excluding hydrogens is 296 g/mol. The Bertz CT molecular complexity index is 257. The van der Waals surface area contributed by atoms with Gasteiger partial charge in [0.2, 0.25) is 8.32 Å². The molecule has 0 rings (SSSR count). The quantitative estimate of drug-likeness (QED) is 0.194. The molecule has 0 saturated heterocycles. The maximum atomic E-state index is 6.52. The van der Waals surface area contributed by atoms with Crippen LogP contribution in [-0.2, 0) is 4.43 Å². The highest BCUT2D eigenvalue weighted by Crippen LogP contribution is 2.24. The lowest BCUT2D eigenvalue weighted by atomic mass is 10.1. The van der Waals surface area contributed by atoms with Crippen LogP contribution in [0.1, 0.15) is 105 Å². The third-order valence-corrected chi connectivity index (χ3v) is 8.94. The topological polar surface area (TPSA) is 9.23 Å². The summed E-state index contributed by atoms with van der Waals surface area (Å²) in [4.78, 5) is 0. The maximum absolute atomic E-state index is 6.52. The summed E-state index contributed by atoms with van der Waals surface area (Å²) in [7, 11) is -1.61. The second-order valence-corrected chi connectivity index (χ2v) is 10.8. The summed E-state index contributed by atoms with van der Waals surface area (Å²) in [5, 5.41) is 0. The average Bonchev–Trinajstić information content (AvgIpc) is 2.55. The van der Waals surface area contributed by atoms with Crippen LogP contribution in [0, 0.1) is 0 Å². The molecule has 0 bridgehead atoms. The maximum Gasteiger partial charge on any atom is 0.216 e. The van der Waals surface area contributed by atoms with Gasteiger partial charge in [-0.2, -0.15) is 0 Å². The van der Waals surface area contributed by atoms with Crippen molar-refractivity contribution in [2.45, 2.75) is 117 Å². The minimum absolute atomic E-state index is 0.988. The lowest BCUT2D eigenvalue weighted by Gasteiger charge is -2.28. The predicted octanol–water partition coefficient (Wildman–Crippen LogP) is 7.80. The van der Waals surface area contributed by atoms with Crippen molar-refractivity contribution in [2.24, 2.45) is 0 Å². The molecule has 0 aromatic carbocycles. The third kappa shape index (κ3) is 12.9. The van der Waals surface area contributed by atoms with Gasteiger partial charge in [-0.15, -0.1) is 0 Å². The lowest BCUT2D eigenvalue weighted by molar-refractivity contribution is 0.293. The largest absolute Gasteiger partial charge is 0.413 e. The van der Waals surface area contributed by atoms with Crippen LogP contribution in [0.2, 0.25) is 12.1 Å². The monoisotopic (exact) mass is 340 g/mol. The number of unbranched alkanes of at least 4 members (excludes halogenated alkanes) is 8. The lowest BCUT2D eigenvalue weighted by Crippen LogP contribution is -2.36. The van der Waals surface area contributed by atoms with E-state index in [1.165, 1.54) is 89.1 Å². The van der Waals surface area contributed by atoms with Gasteiger partial charge in [-0.05, 0) is 31.4 Å². The van der Waals surface area contributed by atoms with Crippen molar-refractivity contribution in [3.05, 3.63) is 11.8 Å². The zero-order valence-corrected chi connectivity index (χ0v) is 17.7. The van der Waals surface area contributed by atoms with Gasteiger partial charge < -0.3 is 4.43 Å². The van der Waals surface area contributed by atoms with Crippen molar-refractivity contribution in [3.8, 4) is 0 Å². The molecule has 0 aromatic rings. The van der Waals surface area contributed by atoms with E-state index in [-0.39, 0.29) is 0 Å². The van der Waals surface area contributed by atoms with Crippen molar-refractivity contribution in [1.29, 1.82) is 0 Å². The number of allylic oxidation sites excluding steroid dienone is 1. The SMILES string of the molecule is CCCCCCCCC=C[Si](CCC)(CCC)OCCCCC. The van der Waals surface area contributed by atoms with Gasteiger partial charge in [0, 0.05) is 6.61 Å². The van der Waals surface area contributed by atoms with Gasteiger partial charge in [0.1, 0.15) is 0 Å². The highest BCUT2D eigenvalue weighted by atomic mass is 28.4. The van der Waals surface area contributed by atoms with Gasteiger partial charge in [-0.3, -0.25) is 0 Å². The molecule has 0 fully saturated rings. The fraction of sp³-hybridized carbons (Fsp3) is 0.905. The summed E-state index contributed by atoms with van der Waals surface area (Å²) >= 11 is 0. The molecule has 0 unspecified atom stereocenters. The van der Waals surface area contributed by atoms with Crippen LogP contribution in [0.4, 0.5) is 0 Å². The van der Waals surface area contributed by atoms with Gasteiger partial charge in [0.05, 0.1) is 0 Å². The van der Waals surface area contributed by atoms with E-state index in [1.807, 2.05) is 0 Å². The summed E-state index contributed by atoms with van der Waals surface area (Å²) in [5.41, 5.74) is 2.55. The summed E-state index contributed by atoms with van der Waals surface area (Å²) in [6.45, 7) is 10.2. The molecule has 2 heteroatoms. The first kappa shape index (κ1) is 22.9. The summed E-state index contributed by atoms with van der Waals surface area (Å²) in [5.74, 6) is 0. The van der Waals surface area contributed by atoms with E-state index in [0.29, 0.717) is 0 Å². The normalized spacial score (nSPS) is 12.3. The van der Waals surface area contributed by atoms with Crippen LogP contribution in [-0.4, -0.2) is 14.9 Å². The molecule has 0 N–H and O–H groups in total. The predicted molar refractivity (Wildman–Crippen MR) is 109 cm³/mol. The van der Waals surface area contributed by atoms with Gasteiger partial charge in [-0.25, -0.2) is 0 Å². The highest BCUT2D eigenvalue weighted by molar-refractivity contribution is 6.78. The first-order chi connectivity index (χ1) is 11.2. The second kappa shape index (κ2) is 16.8. The first-order valence-corrected chi connectivity index (χ1v) is 13.0. The average molecular weight is 341 g/mol. The Hall–Kier alpha value is -0.0831. The minimum atomic E-state index is -1.61. The molecule has 138 valence electrons. The van der Waals surface area contributed by atoms with E-state index >= 15 is 0 Å². The smallest absolute Gasteiger partial charge is 0.216 e. The highest BCUT2D eigenvalue weighted by Gasteiger charge is 2.29. The molecule has 23 heavy (non-hydrogen) atoms. The molecule has 1 nitrogen and oxygen atoms in total. The summed E-state index contributed by atoms with van der Waals surface area (Å²) in [6, 6.07) is 2.61. The van der Waals surface area contributed by atoms with E-state index in [0.717, 1.165) is 6.61 Å². The molecule has 0 aromatic heterocycles. The molecule has 0 aliphatic carbocycles. The van der Waals surface area contributed by atoms with Crippen LogP contribution >= 0.6 is 0 Å². The van der Waals surface area contributed by atoms with Crippen molar-refractivity contribution in [1.82, 2.24) is 0 Å². The molecule has 0 amide bonds. The van der Waals surface area contributed by atoms with Gasteiger partial charge in [-0.1, -0.05) is 97.3 Å². The van der Waals surface area contributed by atoms with E-state index < -0.39 is 8.32 Å². The van der Waals surface area contributed by atoms with Gasteiger partial charge >= 0.3 is 0 Å². The molecule has 0 radical (unpaired) electrons. The Kier molecular flexibility index (Phi) is 16.7. The van der Waals surface area contributed by atoms with Crippen LogP contribution < -0.4 is 0 Å². The van der Waals surface area contributed by atoms with Crippen LogP contribution in [0.3, 0.4) is 0 Å². The van der Waals surface area contributed by atoms with Crippen LogP contribution in [0.25, 0.3) is 0 Å². The van der Waals surface area contributed by atoms with Crippen molar-refractivity contribution in [2.75, 3.05) is 6.61 Å². The Labute approximate surface area is 148 Å². The zero-order valence-electron chi connectivity index (χ0n) is 16.7. The molecule has 0 spiro atoms. The van der Waals surface area contributed by atoms with E-state index in [9.17, 15) is 0 Å². The molecule has 0 aliphatic heterocycles. The van der Waals surface area contributed by atoms with Crippen molar-refractivity contribution in [3.63, 3.8) is 0 Å². The number of rotatable bonds is 17. The van der Waals surface area contributed by atoms with Crippen LogP contribution in [0.5, 0.6) is 0 Å². The first-order valence-electron chi connectivity index (χ1n) is 10.6. The third-order valence-electron chi connectivity index (χ3n) is 4.63. The van der Waals surface area contributed by atoms with E-state index in [4.69, 9.17) is 4.43 Å². The Morgan fingerprint density at radius 1 is 0.652 bits per heavy atom. The van der Waals surface area contributed by atoms with E-state index in [2.05, 4.69) is 39.5 Å². The number of hydrogen-bond acceptors (Lipinski definition) is 1.